The van der Waals surface area contributed by atoms with Crippen molar-refractivity contribution in [3.8, 4) is 0 Å². The Morgan fingerprint density at radius 3 is 2.83 bits per heavy atom. The van der Waals surface area contributed by atoms with Crippen LogP contribution in [0.3, 0.4) is 0 Å². The molecule has 3 aromatic rings. The Hall–Kier alpha value is -2.18. The van der Waals surface area contributed by atoms with Crippen LogP contribution in [0.25, 0.3) is 10.1 Å². The molecule has 0 spiro atoms. The first-order valence-electron chi connectivity index (χ1n) is 7.57. The third-order valence-electron chi connectivity index (χ3n) is 3.73. The van der Waals surface area contributed by atoms with Crippen LogP contribution in [-0.2, 0) is 6.54 Å². The second-order valence-electron chi connectivity index (χ2n) is 5.36. The molecule has 7 heteroatoms. The summed E-state index contributed by atoms with van der Waals surface area (Å²) in [6, 6.07) is 7.67. The highest BCUT2D eigenvalue weighted by atomic mass is 35.5. The number of rotatable bonds is 4. The normalized spacial score (nSPS) is 11.9. The maximum Gasteiger partial charge on any atom is 0.283 e. The number of aryl methyl sites for hydroxylation is 2. The van der Waals surface area contributed by atoms with Gasteiger partial charge in [0.15, 0.2) is 0 Å². The zero-order valence-electron chi connectivity index (χ0n) is 13.6. The Bertz CT molecular complexity index is 941. The summed E-state index contributed by atoms with van der Waals surface area (Å²) in [5.41, 5.74) is 5.10. The lowest BCUT2D eigenvalue weighted by Crippen LogP contribution is -2.18. The van der Waals surface area contributed by atoms with Crippen molar-refractivity contribution in [2.45, 2.75) is 27.3 Å². The van der Waals surface area contributed by atoms with Crippen molar-refractivity contribution in [2.75, 3.05) is 0 Å². The Balaban J connectivity index is 1.83. The highest BCUT2D eigenvalue weighted by Gasteiger charge is 2.17. The highest BCUT2D eigenvalue weighted by molar-refractivity contribution is 7.21. The third kappa shape index (κ3) is 3.07. The number of carbonyl (C=O) groups is 1. The van der Waals surface area contributed by atoms with Crippen LogP contribution in [0.1, 0.15) is 34.8 Å². The molecule has 1 N–H and O–H groups in total. The van der Waals surface area contributed by atoms with Gasteiger partial charge in [-0.15, -0.1) is 11.3 Å². The first-order chi connectivity index (χ1) is 11.5. The molecule has 0 atom stereocenters. The van der Waals surface area contributed by atoms with Crippen LogP contribution in [-0.4, -0.2) is 21.4 Å². The molecule has 0 aliphatic heterocycles. The molecule has 0 saturated carbocycles. The van der Waals surface area contributed by atoms with Crippen molar-refractivity contribution < 1.29 is 4.79 Å². The van der Waals surface area contributed by atoms with Gasteiger partial charge in [0, 0.05) is 28.4 Å². The van der Waals surface area contributed by atoms with Gasteiger partial charge in [0.05, 0.1) is 16.4 Å². The van der Waals surface area contributed by atoms with Gasteiger partial charge in [0.25, 0.3) is 5.91 Å². The van der Waals surface area contributed by atoms with E-state index in [0.29, 0.717) is 15.6 Å². The molecule has 0 bridgehead atoms. The van der Waals surface area contributed by atoms with Crippen molar-refractivity contribution in [3.05, 3.63) is 51.6 Å². The summed E-state index contributed by atoms with van der Waals surface area (Å²) in [5, 5.41) is 9.94. The minimum absolute atomic E-state index is 0.305. The number of hydrogen-bond donors (Lipinski definition) is 1. The van der Waals surface area contributed by atoms with E-state index in [1.807, 2.05) is 55.9 Å². The van der Waals surface area contributed by atoms with E-state index in [9.17, 15) is 4.79 Å². The Morgan fingerprint density at radius 2 is 2.17 bits per heavy atom. The highest BCUT2D eigenvalue weighted by Crippen LogP contribution is 2.34. The summed E-state index contributed by atoms with van der Waals surface area (Å²) >= 11 is 7.68. The first-order valence-corrected chi connectivity index (χ1v) is 8.76. The molecule has 0 fully saturated rings. The van der Waals surface area contributed by atoms with Crippen LogP contribution in [0, 0.1) is 6.92 Å². The van der Waals surface area contributed by atoms with Gasteiger partial charge >= 0.3 is 0 Å². The van der Waals surface area contributed by atoms with E-state index in [1.165, 1.54) is 11.3 Å². The number of aromatic nitrogens is 2. The number of nitrogens with zero attached hydrogens (tertiary/aromatic N) is 3. The van der Waals surface area contributed by atoms with Crippen molar-refractivity contribution in [3.63, 3.8) is 0 Å². The molecular formula is C17H17ClN4OS. The van der Waals surface area contributed by atoms with Crippen LogP contribution in [0.5, 0.6) is 0 Å². The van der Waals surface area contributed by atoms with Crippen LogP contribution >= 0.6 is 22.9 Å². The van der Waals surface area contributed by atoms with Gasteiger partial charge in [-0.05, 0) is 26.8 Å². The summed E-state index contributed by atoms with van der Waals surface area (Å²) in [5.74, 6) is -0.305. The molecular weight excluding hydrogens is 344 g/mol. The molecule has 5 nitrogen and oxygen atoms in total. The van der Waals surface area contributed by atoms with Crippen molar-refractivity contribution in [1.82, 2.24) is 15.2 Å². The molecule has 2 aromatic heterocycles. The number of hydrazone groups is 1. The van der Waals surface area contributed by atoms with E-state index in [4.69, 9.17) is 11.6 Å². The lowest BCUT2D eigenvalue weighted by molar-refractivity contribution is 0.0959. The van der Waals surface area contributed by atoms with E-state index in [0.717, 1.165) is 27.9 Å². The maximum atomic E-state index is 12.4. The van der Waals surface area contributed by atoms with Gasteiger partial charge in [-0.1, -0.05) is 29.8 Å². The molecule has 0 saturated heterocycles. The van der Waals surface area contributed by atoms with Gasteiger partial charge < -0.3 is 0 Å². The topological polar surface area (TPSA) is 59.3 Å². The van der Waals surface area contributed by atoms with Gasteiger partial charge in [-0.2, -0.15) is 10.2 Å². The molecule has 0 aliphatic rings. The van der Waals surface area contributed by atoms with Gasteiger partial charge in [-0.25, -0.2) is 5.43 Å². The number of hydrogen-bond acceptors (Lipinski definition) is 4. The minimum atomic E-state index is -0.305. The summed E-state index contributed by atoms with van der Waals surface area (Å²) in [6.07, 6.45) is 1.92. The fraction of sp³-hybridized carbons (Fsp3) is 0.235. The molecule has 0 aliphatic carbocycles. The Labute approximate surface area is 148 Å². The summed E-state index contributed by atoms with van der Waals surface area (Å²) in [4.78, 5) is 12.9. The smallest absolute Gasteiger partial charge is 0.272 e. The van der Waals surface area contributed by atoms with E-state index < -0.39 is 0 Å². The van der Waals surface area contributed by atoms with Gasteiger partial charge in [-0.3, -0.25) is 9.48 Å². The Kier molecular flexibility index (Phi) is 4.69. The number of thiophene rings is 1. The number of benzene rings is 1. The lowest BCUT2D eigenvalue weighted by Gasteiger charge is -2.01. The molecule has 24 heavy (non-hydrogen) atoms. The number of carbonyl (C=O) groups excluding carboxylic acids is 1. The number of fused-ring (bicyclic) bond motifs is 1. The van der Waals surface area contributed by atoms with E-state index in [2.05, 4.69) is 15.6 Å². The molecule has 0 unspecified atom stereocenters. The predicted octanol–water partition coefficient (Wildman–Crippen LogP) is 4.23. The Morgan fingerprint density at radius 1 is 1.42 bits per heavy atom. The van der Waals surface area contributed by atoms with E-state index in [1.54, 1.807) is 0 Å². The molecule has 1 aromatic carbocycles. The molecule has 2 heterocycles. The first kappa shape index (κ1) is 16.7. The van der Waals surface area contributed by atoms with E-state index >= 15 is 0 Å². The lowest BCUT2D eigenvalue weighted by atomic mass is 10.2. The van der Waals surface area contributed by atoms with Crippen LogP contribution in [0.4, 0.5) is 0 Å². The average Bonchev–Trinajstić information content (AvgIpc) is 3.13. The number of amides is 1. The number of nitrogens with one attached hydrogen (secondary N) is 1. The molecule has 0 radical (unpaired) electrons. The minimum Gasteiger partial charge on any atom is -0.272 e. The average molecular weight is 361 g/mol. The van der Waals surface area contributed by atoms with Crippen LogP contribution in [0.15, 0.2) is 35.6 Å². The van der Waals surface area contributed by atoms with Crippen molar-refractivity contribution in [2.24, 2.45) is 5.10 Å². The zero-order chi connectivity index (χ0) is 17.3. The van der Waals surface area contributed by atoms with Crippen LogP contribution < -0.4 is 5.43 Å². The maximum absolute atomic E-state index is 12.4. The van der Waals surface area contributed by atoms with Gasteiger partial charge in [0.2, 0.25) is 0 Å². The SMILES string of the molecule is CCn1cc(/C(C)=N/NC(=O)c2sc3ccccc3c2Cl)c(C)n1. The van der Waals surface area contributed by atoms with Gasteiger partial charge in [0.1, 0.15) is 4.88 Å². The second-order valence-corrected chi connectivity index (χ2v) is 6.79. The summed E-state index contributed by atoms with van der Waals surface area (Å²) in [6.45, 7) is 6.58. The fourth-order valence-corrected chi connectivity index (χ4v) is 3.85. The number of halogens is 1. The largest absolute Gasteiger partial charge is 0.283 e. The fourth-order valence-electron chi connectivity index (χ4n) is 2.44. The quantitative estimate of drug-likeness (QED) is 0.559. The monoisotopic (exact) mass is 360 g/mol. The standard InChI is InChI=1S/C17H17ClN4OS/c1-4-22-9-13(11(3)21-22)10(2)19-20-17(23)16-15(18)12-7-5-6-8-14(12)24-16/h5-9H,4H2,1-3H3,(H,20,23)/b19-10+. The molecule has 3 rings (SSSR count). The van der Waals surface area contributed by atoms with Crippen molar-refractivity contribution in [1.29, 1.82) is 0 Å². The zero-order valence-corrected chi connectivity index (χ0v) is 15.2. The predicted molar refractivity (Wildman–Crippen MR) is 99.2 cm³/mol. The molecule has 124 valence electrons. The third-order valence-corrected chi connectivity index (χ3v) is 5.40. The van der Waals surface area contributed by atoms with Crippen molar-refractivity contribution >= 4 is 44.6 Å². The molecule has 1 amide bonds. The summed E-state index contributed by atoms with van der Waals surface area (Å²) in [7, 11) is 0. The second kappa shape index (κ2) is 6.75. The summed E-state index contributed by atoms with van der Waals surface area (Å²) < 4.78 is 2.82. The van der Waals surface area contributed by atoms with Crippen LogP contribution in [0.2, 0.25) is 5.02 Å². The van der Waals surface area contributed by atoms with E-state index in [-0.39, 0.29) is 5.91 Å².